The van der Waals surface area contributed by atoms with Gasteiger partial charge in [-0.25, -0.2) is 0 Å². The molecule has 5 rings (SSSR count). The van der Waals surface area contributed by atoms with Crippen molar-refractivity contribution in [3.63, 3.8) is 0 Å². The Hall–Kier alpha value is -4.64. The van der Waals surface area contributed by atoms with Gasteiger partial charge in [-0.1, -0.05) is 42.5 Å². The minimum atomic E-state index is -4.69. The number of nitrogens with zero attached hydrogens (tertiary/aromatic N) is 5. The van der Waals surface area contributed by atoms with Crippen molar-refractivity contribution in [2.45, 2.75) is 19.1 Å². The zero-order chi connectivity index (χ0) is 28.6. The molecule has 8 nitrogen and oxygen atoms in total. The van der Waals surface area contributed by atoms with Crippen LogP contribution in [0.3, 0.4) is 0 Å². The van der Waals surface area contributed by atoms with Crippen molar-refractivity contribution in [3.05, 3.63) is 112 Å². The van der Waals surface area contributed by atoms with E-state index in [4.69, 9.17) is 0 Å². The third-order valence-corrected chi connectivity index (χ3v) is 6.60. The van der Waals surface area contributed by atoms with Gasteiger partial charge in [0, 0.05) is 24.1 Å². The van der Waals surface area contributed by atoms with Crippen LogP contribution in [0.4, 0.5) is 13.2 Å². The number of imide groups is 1. The molecule has 11 heteroatoms. The average molecular weight is 548 g/mol. The lowest BCUT2D eigenvalue weighted by Gasteiger charge is -2.19. The molecule has 0 saturated carbocycles. The number of hydrogen-bond acceptors (Lipinski definition) is 6. The summed E-state index contributed by atoms with van der Waals surface area (Å²) in [6.07, 6.45) is -4.35. The number of halogens is 3. The number of fused-ring (bicyclic) bond motifs is 1. The third-order valence-electron chi connectivity index (χ3n) is 6.60. The van der Waals surface area contributed by atoms with Gasteiger partial charge in [0.15, 0.2) is 11.6 Å². The molecular weight excluding hydrogens is 523 g/mol. The van der Waals surface area contributed by atoms with Gasteiger partial charge in [0.1, 0.15) is 5.82 Å². The Balaban J connectivity index is 1.65. The van der Waals surface area contributed by atoms with Crippen LogP contribution in [-0.2, 0) is 19.1 Å². The van der Waals surface area contributed by atoms with Crippen LogP contribution in [0.25, 0.3) is 5.69 Å². The van der Waals surface area contributed by atoms with Gasteiger partial charge in [-0.15, -0.1) is 10.2 Å². The molecule has 0 fully saturated rings. The van der Waals surface area contributed by atoms with E-state index < -0.39 is 29.3 Å². The number of aromatic nitrogens is 3. The summed E-state index contributed by atoms with van der Waals surface area (Å²) in [4.78, 5) is 42.6. The second kappa shape index (κ2) is 10.5. The lowest BCUT2D eigenvalue weighted by molar-refractivity contribution is -0.137. The molecule has 0 N–H and O–H groups in total. The maximum Gasteiger partial charge on any atom is 0.416 e. The molecular formula is C29H24F3N5O3. The summed E-state index contributed by atoms with van der Waals surface area (Å²) in [6, 6.07) is 17.3. The lowest BCUT2D eigenvalue weighted by Crippen LogP contribution is -2.31. The van der Waals surface area contributed by atoms with Crippen LogP contribution < -0.4 is 0 Å². The van der Waals surface area contributed by atoms with Crippen molar-refractivity contribution in [1.82, 2.24) is 24.6 Å². The molecule has 0 saturated heterocycles. The normalized spacial score (nSPS) is 13.3. The molecule has 0 atom stereocenters. The van der Waals surface area contributed by atoms with E-state index in [-0.39, 0.29) is 40.3 Å². The van der Waals surface area contributed by atoms with Crippen LogP contribution in [0.1, 0.15) is 53.8 Å². The van der Waals surface area contributed by atoms with Gasteiger partial charge in [-0.2, -0.15) is 13.2 Å². The number of likely N-dealkylation sites (N-methyl/N-ethyl adjacent to an activating group) is 1. The van der Waals surface area contributed by atoms with Crippen LogP contribution in [0.15, 0.2) is 72.8 Å². The highest BCUT2D eigenvalue weighted by Crippen LogP contribution is 2.33. The summed E-state index contributed by atoms with van der Waals surface area (Å²) in [7, 11) is 3.70. The SMILES string of the molecule is CN(C)CCc1nnc(CN2C(=O)c3ccccc3C2=O)n1-c1ccc(C(F)(F)F)cc1C(=O)c1ccccc1. The Morgan fingerprint density at radius 3 is 2.05 bits per heavy atom. The van der Waals surface area contributed by atoms with Gasteiger partial charge in [0.2, 0.25) is 0 Å². The predicted octanol–water partition coefficient (Wildman–Crippen LogP) is 4.42. The number of carbonyl (C=O) groups excluding carboxylic acids is 3. The molecule has 2 amide bonds. The summed E-state index contributed by atoms with van der Waals surface area (Å²) in [5, 5.41) is 8.48. The Morgan fingerprint density at radius 1 is 0.850 bits per heavy atom. The summed E-state index contributed by atoms with van der Waals surface area (Å²) < 4.78 is 42.7. The molecule has 2 heterocycles. The Morgan fingerprint density at radius 2 is 1.45 bits per heavy atom. The van der Waals surface area contributed by atoms with Crippen molar-refractivity contribution < 1.29 is 27.6 Å². The Labute approximate surface area is 227 Å². The fourth-order valence-corrected chi connectivity index (χ4v) is 4.58. The van der Waals surface area contributed by atoms with Crippen LogP contribution in [0, 0.1) is 0 Å². The zero-order valence-corrected chi connectivity index (χ0v) is 21.6. The zero-order valence-electron chi connectivity index (χ0n) is 21.6. The first kappa shape index (κ1) is 26.9. The first-order valence-corrected chi connectivity index (χ1v) is 12.4. The number of rotatable bonds is 8. The number of ketones is 1. The molecule has 0 bridgehead atoms. The van der Waals surface area contributed by atoms with E-state index >= 15 is 0 Å². The quantitative estimate of drug-likeness (QED) is 0.240. The predicted molar refractivity (Wildman–Crippen MR) is 139 cm³/mol. The molecule has 3 aromatic carbocycles. The second-order valence-electron chi connectivity index (χ2n) is 9.59. The molecule has 40 heavy (non-hydrogen) atoms. The van der Waals surface area contributed by atoms with Crippen LogP contribution in [0.5, 0.6) is 0 Å². The molecule has 1 aliphatic heterocycles. The summed E-state index contributed by atoms with van der Waals surface area (Å²) in [5.74, 6) is -1.16. The van der Waals surface area contributed by atoms with E-state index in [1.165, 1.54) is 22.8 Å². The van der Waals surface area contributed by atoms with Crippen molar-refractivity contribution in [3.8, 4) is 5.69 Å². The minimum absolute atomic E-state index is 0.118. The smallest absolute Gasteiger partial charge is 0.309 e. The second-order valence-corrected chi connectivity index (χ2v) is 9.59. The maximum absolute atomic E-state index is 13.7. The molecule has 1 aromatic heterocycles. The van der Waals surface area contributed by atoms with Crippen molar-refractivity contribution >= 4 is 17.6 Å². The topological polar surface area (TPSA) is 88.4 Å². The van der Waals surface area contributed by atoms with Gasteiger partial charge < -0.3 is 4.90 Å². The Bertz CT molecular complexity index is 1580. The maximum atomic E-state index is 13.7. The van der Waals surface area contributed by atoms with Crippen LogP contribution >= 0.6 is 0 Å². The van der Waals surface area contributed by atoms with E-state index in [1.54, 1.807) is 42.5 Å². The number of alkyl halides is 3. The molecule has 4 aromatic rings. The molecule has 0 radical (unpaired) electrons. The van der Waals surface area contributed by atoms with Gasteiger partial charge >= 0.3 is 6.18 Å². The minimum Gasteiger partial charge on any atom is -0.309 e. The Kier molecular flexibility index (Phi) is 7.07. The first-order chi connectivity index (χ1) is 19.1. The van der Waals surface area contributed by atoms with E-state index in [0.717, 1.165) is 17.0 Å². The number of hydrogen-bond donors (Lipinski definition) is 0. The number of benzene rings is 3. The first-order valence-electron chi connectivity index (χ1n) is 12.4. The van der Waals surface area contributed by atoms with Gasteiger partial charge in [-0.3, -0.25) is 23.9 Å². The standard InChI is InChI=1S/C29H24F3N5O3/c1-35(2)15-14-24-33-34-25(17-36-27(39)20-10-6-7-11-21(20)28(36)40)37(24)23-13-12-19(29(30,31)32)16-22(23)26(38)18-8-4-3-5-9-18/h3-13,16H,14-15,17H2,1-2H3. The van der Waals surface area contributed by atoms with Crippen LogP contribution in [0.2, 0.25) is 0 Å². The van der Waals surface area contributed by atoms with E-state index in [2.05, 4.69) is 10.2 Å². The van der Waals surface area contributed by atoms with E-state index in [9.17, 15) is 27.6 Å². The van der Waals surface area contributed by atoms with E-state index in [0.29, 0.717) is 18.8 Å². The number of carbonyl (C=O) groups is 3. The van der Waals surface area contributed by atoms with Crippen molar-refractivity contribution in [1.29, 1.82) is 0 Å². The summed E-state index contributed by atoms with van der Waals surface area (Å²) in [6.45, 7) is 0.231. The molecule has 0 spiro atoms. The van der Waals surface area contributed by atoms with Gasteiger partial charge in [0.25, 0.3) is 11.8 Å². The van der Waals surface area contributed by atoms with Gasteiger partial charge in [0.05, 0.1) is 28.9 Å². The average Bonchev–Trinajstić information content (AvgIpc) is 3.45. The number of amides is 2. The summed E-state index contributed by atoms with van der Waals surface area (Å²) in [5.41, 5.74) is -0.377. The van der Waals surface area contributed by atoms with Gasteiger partial charge in [-0.05, 0) is 44.4 Å². The van der Waals surface area contributed by atoms with Crippen molar-refractivity contribution in [2.24, 2.45) is 0 Å². The van der Waals surface area contributed by atoms with Crippen LogP contribution in [-0.4, -0.2) is 62.8 Å². The molecule has 204 valence electrons. The third kappa shape index (κ3) is 5.03. The fourth-order valence-electron chi connectivity index (χ4n) is 4.58. The largest absolute Gasteiger partial charge is 0.416 e. The molecule has 0 aliphatic carbocycles. The molecule has 1 aliphatic rings. The van der Waals surface area contributed by atoms with E-state index in [1.807, 2.05) is 19.0 Å². The molecule has 0 unspecified atom stereocenters. The fraction of sp³-hybridized carbons (Fsp3) is 0.207. The monoisotopic (exact) mass is 547 g/mol. The summed E-state index contributed by atoms with van der Waals surface area (Å²) >= 11 is 0. The highest BCUT2D eigenvalue weighted by atomic mass is 19.4. The van der Waals surface area contributed by atoms with Crippen molar-refractivity contribution in [2.75, 3.05) is 20.6 Å². The highest BCUT2D eigenvalue weighted by Gasteiger charge is 2.37. The lowest BCUT2D eigenvalue weighted by atomic mass is 9.98. The highest BCUT2D eigenvalue weighted by molar-refractivity contribution is 6.21.